The molecular weight excluding hydrogens is 352 g/mol. The molecule has 2 aromatic carbocycles. The smallest absolute Gasteiger partial charge is 0.0207 e. The number of halogens is 2. The number of rotatable bonds is 4. The zero-order valence-corrected chi connectivity index (χ0v) is 13.5. The molecule has 0 saturated carbocycles. The summed E-state index contributed by atoms with van der Waals surface area (Å²) in [5.41, 5.74) is 4.07. The van der Waals surface area contributed by atoms with Crippen LogP contribution in [0.25, 0.3) is 0 Å². The van der Waals surface area contributed by atoms with Crippen LogP contribution in [0.3, 0.4) is 0 Å². The normalized spacial score (nSPS) is 12.4. The van der Waals surface area contributed by atoms with Crippen LogP contribution in [0, 0.1) is 6.92 Å². The van der Waals surface area contributed by atoms with Gasteiger partial charge in [-0.15, -0.1) is 0 Å². The summed E-state index contributed by atoms with van der Waals surface area (Å²) in [6.45, 7) is 2.13. The second kappa shape index (κ2) is 6.53. The van der Waals surface area contributed by atoms with E-state index in [1.165, 1.54) is 21.2 Å². The van der Waals surface area contributed by atoms with Crippen LogP contribution in [-0.4, -0.2) is 5.33 Å². The largest absolute Gasteiger partial charge is 0.0921 e. The highest BCUT2D eigenvalue weighted by Gasteiger charge is 2.12. The maximum absolute atomic E-state index is 3.64. The molecule has 0 aliphatic heterocycles. The maximum Gasteiger partial charge on any atom is 0.0207 e. The van der Waals surface area contributed by atoms with Crippen molar-refractivity contribution in [3.05, 3.63) is 69.7 Å². The fourth-order valence-corrected chi connectivity index (χ4v) is 3.08. The van der Waals surface area contributed by atoms with Crippen molar-refractivity contribution in [2.24, 2.45) is 0 Å². The minimum Gasteiger partial charge on any atom is -0.0921 e. The predicted molar refractivity (Wildman–Crippen MR) is 85.6 cm³/mol. The van der Waals surface area contributed by atoms with Crippen LogP contribution < -0.4 is 0 Å². The molecule has 1 unspecified atom stereocenters. The van der Waals surface area contributed by atoms with Crippen LogP contribution in [0.5, 0.6) is 0 Å². The Labute approximate surface area is 126 Å². The van der Waals surface area contributed by atoms with Crippen molar-refractivity contribution in [1.29, 1.82) is 0 Å². The van der Waals surface area contributed by atoms with Gasteiger partial charge in [0.1, 0.15) is 0 Å². The van der Waals surface area contributed by atoms with E-state index >= 15 is 0 Å². The second-order valence-electron chi connectivity index (χ2n) is 4.56. The molecule has 0 aliphatic rings. The van der Waals surface area contributed by atoms with Gasteiger partial charge in [0, 0.05) is 9.80 Å². The summed E-state index contributed by atoms with van der Waals surface area (Å²) in [4.78, 5) is 0. The maximum atomic E-state index is 3.64. The third-order valence-electron chi connectivity index (χ3n) is 3.16. The van der Waals surface area contributed by atoms with Gasteiger partial charge in [-0.2, -0.15) is 0 Å². The summed E-state index contributed by atoms with van der Waals surface area (Å²) in [7, 11) is 0. The van der Waals surface area contributed by atoms with Crippen LogP contribution in [0.15, 0.2) is 53.0 Å². The summed E-state index contributed by atoms with van der Waals surface area (Å²) in [5.74, 6) is 0.518. The van der Waals surface area contributed by atoms with Crippen LogP contribution >= 0.6 is 31.9 Å². The molecule has 18 heavy (non-hydrogen) atoms. The van der Waals surface area contributed by atoms with Gasteiger partial charge < -0.3 is 0 Å². The molecule has 0 fully saturated rings. The molecule has 0 bridgehead atoms. The van der Waals surface area contributed by atoms with E-state index in [1.54, 1.807) is 0 Å². The third-order valence-corrected chi connectivity index (χ3v) is 4.71. The molecule has 0 nitrogen and oxygen atoms in total. The van der Waals surface area contributed by atoms with E-state index in [0.29, 0.717) is 5.92 Å². The average Bonchev–Trinajstić information content (AvgIpc) is 2.39. The molecule has 0 spiro atoms. The Morgan fingerprint density at radius 1 is 1.00 bits per heavy atom. The van der Waals surface area contributed by atoms with E-state index in [0.717, 1.165) is 11.8 Å². The summed E-state index contributed by atoms with van der Waals surface area (Å²) in [6, 6.07) is 17.3. The first-order valence-electron chi connectivity index (χ1n) is 6.06. The molecule has 0 amide bonds. The first-order chi connectivity index (χ1) is 8.70. The molecule has 0 heterocycles. The van der Waals surface area contributed by atoms with E-state index < -0.39 is 0 Å². The average molecular weight is 368 g/mol. The molecule has 2 heteroatoms. The molecule has 0 radical (unpaired) electrons. The topological polar surface area (TPSA) is 0 Å². The Kier molecular flexibility index (Phi) is 5.02. The number of hydrogen-bond acceptors (Lipinski definition) is 0. The number of alkyl halides is 1. The highest BCUT2D eigenvalue weighted by molar-refractivity contribution is 9.10. The minimum absolute atomic E-state index is 0.518. The van der Waals surface area contributed by atoms with Gasteiger partial charge in [0.05, 0.1) is 0 Å². The van der Waals surface area contributed by atoms with Crippen molar-refractivity contribution >= 4 is 31.9 Å². The molecule has 2 rings (SSSR count). The zero-order chi connectivity index (χ0) is 13.0. The SMILES string of the molecule is Cc1ccc(C(CBr)Cc2ccccc2Br)cc1. The summed E-state index contributed by atoms with van der Waals surface area (Å²) < 4.78 is 1.20. The predicted octanol–water partition coefficient (Wildman–Crippen LogP) is 5.48. The monoisotopic (exact) mass is 366 g/mol. The van der Waals surface area contributed by atoms with Gasteiger partial charge in [-0.1, -0.05) is 79.9 Å². The zero-order valence-electron chi connectivity index (χ0n) is 10.4. The van der Waals surface area contributed by atoms with Gasteiger partial charge in [-0.05, 0) is 36.5 Å². The van der Waals surface area contributed by atoms with E-state index in [4.69, 9.17) is 0 Å². The lowest BCUT2D eigenvalue weighted by Gasteiger charge is -2.16. The van der Waals surface area contributed by atoms with Gasteiger partial charge in [0.2, 0.25) is 0 Å². The highest BCUT2D eigenvalue weighted by atomic mass is 79.9. The Balaban J connectivity index is 2.20. The van der Waals surface area contributed by atoms with E-state index in [9.17, 15) is 0 Å². The third kappa shape index (κ3) is 3.46. The molecule has 0 aromatic heterocycles. The standard InChI is InChI=1S/C16H16Br2/c1-12-6-8-13(9-7-12)15(11-17)10-14-4-2-3-5-16(14)18/h2-9,15H,10-11H2,1H3. The fourth-order valence-electron chi connectivity index (χ4n) is 2.03. The molecule has 0 saturated heterocycles. The molecule has 0 aliphatic carbocycles. The van der Waals surface area contributed by atoms with Crippen molar-refractivity contribution in [3.63, 3.8) is 0 Å². The van der Waals surface area contributed by atoms with Gasteiger partial charge in [-0.3, -0.25) is 0 Å². The summed E-state index contributed by atoms with van der Waals surface area (Å²) in [6.07, 6.45) is 1.05. The van der Waals surface area contributed by atoms with Crippen LogP contribution in [0.4, 0.5) is 0 Å². The Bertz CT molecular complexity index is 503. The van der Waals surface area contributed by atoms with Crippen molar-refractivity contribution in [1.82, 2.24) is 0 Å². The van der Waals surface area contributed by atoms with E-state index in [2.05, 4.69) is 87.3 Å². The van der Waals surface area contributed by atoms with Crippen molar-refractivity contribution in [3.8, 4) is 0 Å². The van der Waals surface area contributed by atoms with Crippen LogP contribution in [0.1, 0.15) is 22.6 Å². The number of hydrogen-bond donors (Lipinski definition) is 0. The Morgan fingerprint density at radius 2 is 1.67 bits per heavy atom. The Hall–Kier alpha value is -0.600. The Morgan fingerprint density at radius 3 is 2.28 bits per heavy atom. The quantitative estimate of drug-likeness (QED) is 0.627. The lowest BCUT2D eigenvalue weighted by atomic mass is 9.93. The fraction of sp³-hybridized carbons (Fsp3) is 0.250. The summed E-state index contributed by atoms with van der Waals surface area (Å²) >= 11 is 7.26. The van der Waals surface area contributed by atoms with Gasteiger partial charge in [0.25, 0.3) is 0 Å². The first-order valence-corrected chi connectivity index (χ1v) is 7.98. The van der Waals surface area contributed by atoms with Gasteiger partial charge in [0.15, 0.2) is 0 Å². The molecule has 0 N–H and O–H groups in total. The van der Waals surface area contributed by atoms with Crippen LogP contribution in [0.2, 0.25) is 0 Å². The molecule has 2 aromatic rings. The highest BCUT2D eigenvalue weighted by Crippen LogP contribution is 2.27. The van der Waals surface area contributed by atoms with E-state index in [-0.39, 0.29) is 0 Å². The molecule has 1 atom stereocenters. The van der Waals surface area contributed by atoms with Crippen molar-refractivity contribution in [2.75, 3.05) is 5.33 Å². The summed E-state index contributed by atoms with van der Waals surface area (Å²) in [5, 5.41) is 0.984. The van der Waals surface area contributed by atoms with Crippen molar-refractivity contribution in [2.45, 2.75) is 19.3 Å². The van der Waals surface area contributed by atoms with Gasteiger partial charge in [-0.25, -0.2) is 0 Å². The molecule has 94 valence electrons. The lowest BCUT2D eigenvalue weighted by molar-refractivity contribution is 0.772. The molecular formula is C16H16Br2. The lowest BCUT2D eigenvalue weighted by Crippen LogP contribution is -2.05. The van der Waals surface area contributed by atoms with E-state index in [1.807, 2.05) is 0 Å². The minimum atomic E-state index is 0.518. The second-order valence-corrected chi connectivity index (χ2v) is 6.06. The van der Waals surface area contributed by atoms with Gasteiger partial charge >= 0.3 is 0 Å². The number of benzene rings is 2. The van der Waals surface area contributed by atoms with Crippen LogP contribution in [-0.2, 0) is 6.42 Å². The van der Waals surface area contributed by atoms with Crippen molar-refractivity contribution < 1.29 is 0 Å². The first kappa shape index (κ1) is 13.8. The number of aryl methyl sites for hydroxylation is 1.